The van der Waals surface area contributed by atoms with Crippen LogP contribution in [0.4, 0.5) is 0 Å². The third-order valence-electron chi connectivity index (χ3n) is 2.80. The predicted octanol–water partition coefficient (Wildman–Crippen LogP) is 1.87. The Morgan fingerprint density at radius 1 is 1.45 bits per heavy atom. The van der Waals surface area contributed by atoms with E-state index in [-0.39, 0.29) is 5.97 Å². The van der Waals surface area contributed by atoms with Crippen molar-refractivity contribution >= 4 is 11.5 Å². The van der Waals surface area contributed by atoms with Gasteiger partial charge in [0, 0.05) is 18.7 Å². The summed E-state index contributed by atoms with van der Waals surface area (Å²) in [6.07, 6.45) is 3.22. The van der Waals surface area contributed by atoms with Crippen molar-refractivity contribution in [2.24, 2.45) is 0 Å². The van der Waals surface area contributed by atoms with E-state index < -0.39 is 0 Å². The van der Waals surface area contributed by atoms with Crippen LogP contribution in [0.2, 0.25) is 0 Å². The zero-order valence-electron chi connectivity index (χ0n) is 11.0. The van der Waals surface area contributed by atoms with Crippen LogP contribution in [-0.4, -0.2) is 32.3 Å². The van der Waals surface area contributed by atoms with Crippen LogP contribution < -0.4 is 0 Å². The number of fused-ring (bicyclic) bond motifs is 1. The van der Waals surface area contributed by atoms with E-state index in [1.54, 1.807) is 30.6 Å². The van der Waals surface area contributed by atoms with Gasteiger partial charge in [0.15, 0.2) is 0 Å². The fraction of sp³-hybridized carbons (Fsp3) is 0.231. The lowest BCUT2D eigenvalue weighted by atomic mass is 10.2. The first-order valence-electron chi connectivity index (χ1n) is 6.14. The van der Waals surface area contributed by atoms with Crippen LogP contribution in [-0.2, 0) is 4.74 Å². The Kier molecular flexibility index (Phi) is 2.94. The molecule has 7 heteroatoms. The lowest BCUT2D eigenvalue weighted by Crippen LogP contribution is -2.04. The first-order chi connectivity index (χ1) is 9.69. The Labute approximate surface area is 114 Å². The van der Waals surface area contributed by atoms with Crippen molar-refractivity contribution < 1.29 is 14.1 Å². The summed E-state index contributed by atoms with van der Waals surface area (Å²) in [6.45, 7) is 3.82. The summed E-state index contributed by atoms with van der Waals surface area (Å²) in [5.74, 6) is 0.594. The number of carbonyl (C=O) groups is 1. The predicted molar refractivity (Wildman–Crippen MR) is 69.2 cm³/mol. The number of ether oxygens (including phenoxy) is 1. The second-order valence-corrected chi connectivity index (χ2v) is 4.16. The van der Waals surface area contributed by atoms with Crippen LogP contribution in [0.25, 0.3) is 16.9 Å². The smallest absolute Gasteiger partial charge is 0.341 e. The van der Waals surface area contributed by atoms with E-state index in [4.69, 9.17) is 9.26 Å². The molecule has 3 aromatic rings. The molecule has 3 aromatic heterocycles. The Morgan fingerprint density at radius 3 is 3.00 bits per heavy atom. The van der Waals surface area contributed by atoms with Gasteiger partial charge in [-0.1, -0.05) is 5.16 Å². The van der Waals surface area contributed by atoms with Crippen LogP contribution in [0, 0.1) is 6.92 Å². The molecule has 3 rings (SSSR count). The molecule has 0 saturated carbocycles. The van der Waals surface area contributed by atoms with Gasteiger partial charge in [0.1, 0.15) is 5.56 Å². The minimum Gasteiger partial charge on any atom is -0.462 e. The summed E-state index contributed by atoms with van der Waals surface area (Å²) in [5, 5.41) is 7.99. The SMILES string of the molecule is CCOC(=O)c1cnn2cc(-c3noc(C)n3)ccc12. The molecule has 0 bridgehead atoms. The van der Waals surface area contributed by atoms with Gasteiger partial charge in [-0.3, -0.25) is 0 Å². The number of hydrogen-bond donors (Lipinski definition) is 0. The molecule has 0 amide bonds. The molecule has 0 aliphatic carbocycles. The molecule has 20 heavy (non-hydrogen) atoms. The van der Waals surface area contributed by atoms with Crippen molar-refractivity contribution in [3.8, 4) is 11.4 Å². The average molecular weight is 272 g/mol. The van der Waals surface area contributed by atoms with Crippen molar-refractivity contribution in [2.45, 2.75) is 13.8 Å². The quantitative estimate of drug-likeness (QED) is 0.677. The van der Waals surface area contributed by atoms with Crippen molar-refractivity contribution in [3.63, 3.8) is 0 Å². The van der Waals surface area contributed by atoms with Crippen LogP contribution in [0.15, 0.2) is 29.0 Å². The molecule has 0 atom stereocenters. The number of nitrogens with zero attached hydrogens (tertiary/aromatic N) is 4. The topological polar surface area (TPSA) is 82.5 Å². The number of esters is 1. The number of pyridine rings is 1. The highest BCUT2D eigenvalue weighted by Crippen LogP contribution is 2.19. The molecule has 102 valence electrons. The third kappa shape index (κ3) is 2.03. The molecular weight excluding hydrogens is 260 g/mol. The summed E-state index contributed by atoms with van der Waals surface area (Å²) >= 11 is 0. The van der Waals surface area contributed by atoms with E-state index in [0.717, 1.165) is 5.56 Å². The normalized spacial score (nSPS) is 10.9. The Bertz CT molecular complexity index is 775. The van der Waals surface area contributed by atoms with Gasteiger partial charge in [-0.05, 0) is 19.1 Å². The van der Waals surface area contributed by atoms with Crippen molar-refractivity contribution in [3.05, 3.63) is 36.0 Å². The van der Waals surface area contributed by atoms with Gasteiger partial charge in [-0.15, -0.1) is 0 Å². The largest absolute Gasteiger partial charge is 0.462 e. The van der Waals surface area contributed by atoms with E-state index in [0.29, 0.717) is 29.4 Å². The lowest BCUT2D eigenvalue weighted by molar-refractivity contribution is 0.0528. The maximum absolute atomic E-state index is 11.8. The fourth-order valence-corrected chi connectivity index (χ4v) is 1.90. The number of carbonyl (C=O) groups excluding carboxylic acids is 1. The van der Waals surface area contributed by atoms with Crippen molar-refractivity contribution in [1.29, 1.82) is 0 Å². The number of aromatic nitrogens is 4. The zero-order chi connectivity index (χ0) is 14.1. The standard InChI is InChI=1S/C13H12N4O3/c1-3-19-13(18)10-6-14-17-7-9(4-5-11(10)17)12-15-8(2)20-16-12/h4-7H,3H2,1-2H3. The van der Waals surface area contributed by atoms with Crippen molar-refractivity contribution in [2.75, 3.05) is 6.61 Å². The van der Waals surface area contributed by atoms with E-state index in [2.05, 4.69) is 15.2 Å². The van der Waals surface area contributed by atoms with Gasteiger partial charge in [0.2, 0.25) is 11.7 Å². The average Bonchev–Trinajstić information content (AvgIpc) is 3.04. The van der Waals surface area contributed by atoms with Crippen LogP contribution in [0.1, 0.15) is 23.2 Å². The number of hydrogen-bond acceptors (Lipinski definition) is 6. The summed E-state index contributed by atoms with van der Waals surface area (Å²) < 4.78 is 11.5. The molecule has 0 spiro atoms. The first kappa shape index (κ1) is 12.3. The van der Waals surface area contributed by atoms with Crippen LogP contribution >= 0.6 is 0 Å². The highest BCUT2D eigenvalue weighted by Gasteiger charge is 2.15. The van der Waals surface area contributed by atoms with Gasteiger partial charge in [-0.25, -0.2) is 9.31 Å². The summed E-state index contributed by atoms with van der Waals surface area (Å²) in [4.78, 5) is 15.9. The molecule has 3 heterocycles. The molecule has 0 N–H and O–H groups in total. The molecule has 0 aliphatic rings. The van der Waals surface area contributed by atoms with E-state index in [1.807, 2.05) is 6.07 Å². The molecule has 0 fully saturated rings. The second kappa shape index (κ2) is 4.76. The van der Waals surface area contributed by atoms with Gasteiger partial charge in [-0.2, -0.15) is 10.1 Å². The third-order valence-corrected chi connectivity index (χ3v) is 2.80. The monoisotopic (exact) mass is 272 g/mol. The molecule has 0 saturated heterocycles. The van der Waals surface area contributed by atoms with Gasteiger partial charge in [0.05, 0.1) is 18.3 Å². The Morgan fingerprint density at radius 2 is 2.30 bits per heavy atom. The van der Waals surface area contributed by atoms with E-state index >= 15 is 0 Å². The minimum absolute atomic E-state index is 0.330. The molecule has 0 aliphatic heterocycles. The molecule has 7 nitrogen and oxygen atoms in total. The maximum Gasteiger partial charge on any atom is 0.341 e. The van der Waals surface area contributed by atoms with Gasteiger partial charge in [0.25, 0.3) is 0 Å². The van der Waals surface area contributed by atoms with Crippen LogP contribution in [0.3, 0.4) is 0 Å². The first-order valence-corrected chi connectivity index (χ1v) is 6.14. The maximum atomic E-state index is 11.8. The summed E-state index contributed by atoms with van der Waals surface area (Å²) in [7, 11) is 0. The lowest BCUT2D eigenvalue weighted by Gasteiger charge is -2.00. The fourth-order valence-electron chi connectivity index (χ4n) is 1.90. The molecule has 0 radical (unpaired) electrons. The minimum atomic E-state index is -0.384. The summed E-state index contributed by atoms with van der Waals surface area (Å²) in [6, 6.07) is 3.59. The van der Waals surface area contributed by atoms with E-state index in [1.165, 1.54) is 6.20 Å². The van der Waals surface area contributed by atoms with Gasteiger partial charge >= 0.3 is 5.97 Å². The van der Waals surface area contributed by atoms with Crippen LogP contribution in [0.5, 0.6) is 0 Å². The number of aryl methyl sites for hydroxylation is 1. The van der Waals surface area contributed by atoms with E-state index in [9.17, 15) is 4.79 Å². The van der Waals surface area contributed by atoms with Gasteiger partial charge < -0.3 is 9.26 Å². The highest BCUT2D eigenvalue weighted by molar-refractivity contribution is 5.96. The Hall–Kier alpha value is -2.70. The van der Waals surface area contributed by atoms with Crippen molar-refractivity contribution in [1.82, 2.24) is 19.8 Å². The summed E-state index contributed by atoms with van der Waals surface area (Å²) in [5.41, 5.74) is 1.86. The highest BCUT2D eigenvalue weighted by atomic mass is 16.5. The Balaban J connectivity index is 2.03. The molecule has 0 aromatic carbocycles. The molecule has 0 unspecified atom stereocenters. The molecular formula is C13H12N4O3. The number of rotatable bonds is 3. The second-order valence-electron chi connectivity index (χ2n) is 4.16. The zero-order valence-corrected chi connectivity index (χ0v) is 11.0.